The number of amides is 1. The average Bonchev–Trinajstić information content (AvgIpc) is 3.22. The van der Waals surface area contributed by atoms with Crippen LogP contribution in [0.15, 0.2) is 41.1 Å². The molecule has 1 aliphatic heterocycles. The Hall–Kier alpha value is -1.85. The Bertz CT molecular complexity index is 607. The topological polar surface area (TPSA) is 58.4 Å². The van der Waals surface area contributed by atoms with E-state index < -0.39 is 0 Å². The molecule has 1 aromatic carbocycles. The molecule has 0 aliphatic carbocycles. The lowest BCUT2D eigenvalue weighted by Gasteiger charge is -2.28. The van der Waals surface area contributed by atoms with Gasteiger partial charge >= 0.3 is 0 Å². The van der Waals surface area contributed by atoms with Crippen molar-refractivity contribution in [3.05, 3.63) is 52.9 Å². The zero-order valence-electron chi connectivity index (χ0n) is 12.2. The maximum absolute atomic E-state index is 12.0. The highest BCUT2D eigenvalue weighted by Crippen LogP contribution is 2.25. The van der Waals surface area contributed by atoms with Crippen LogP contribution in [-0.4, -0.2) is 35.6 Å². The summed E-state index contributed by atoms with van der Waals surface area (Å²) >= 11 is 5.97. The van der Waals surface area contributed by atoms with Gasteiger partial charge in [-0.2, -0.15) is 0 Å². The summed E-state index contributed by atoms with van der Waals surface area (Å²) in [5.41, 5.74) is 1.46. The first-order valence-electron chi connectivity index (χ1n) is 7.42. The second-order valence-corrected chi connectivity index (χ2v) is 5.84. The second-order valence-electron chi connectivity index (χ2n) is 5.41. The summed E-state index contributed by atoms with van der Waals surface area (Å²) in [6.07, 6.45) is 3.79. The molecule has 6 heteroatoms. The minimum atomic E-state index is -0.216. The summed E-state index contributed by atoms with van der Waals surface area (Å²) in [4.78, 5) is 14.4. The third kappa shape index (κ3) is 3.48. The summed E-state index contributed by atoms with van der Waals surface area (Å²) in [6, 6.07) is 9.53. The number of likely N-dealkylation sites (tertiary alicyclic amines) is 1. The third-order valence-electron chi connectivity index (χ3n) is 3.96. The van der Waals surface area contributed by atoms with Crippen molar-refractivity contribution in [2.45, 2.75) is 18.9 Å². The summed E-state index contributed by atoms with van der Waals surface area (Å²) in [5, 5.41) is 7.32. The van der Waals surface area contributed by atoms with Crippen molar-refractivity contribution >= 4 is 17.5 Å². The smallest absolute Gasteiger partial charge is 0.273 e. The van der Waals surface area contributed by atoms with E-state index >= 15 is 0 Å². The Morgan fingerprint density at radius 2 is 2.00 bits per heavy atom. The van der Waals surface area contributed by atoms with E-state index in [-0.39, 0.29) is 11.9 Å². The van der Waals surface area contributed by atoms with Crippen LogP contribution in [0.2, 0.25) is 5.02 Å². The zero-order chi connectivity index (χ0) is 15.4. The highest BCUT2D eigenvalue weighted by molar-refractivity contribution is 6.30. The largest absolute Gasteiger partial charge is 0.364 e. The van der Waals surface area contributed by atoms with Crippen LogP contribution in [0.5, 0.6) is 0 Å². The van der Waals surface area contributed by atoms with Crippen LogP contribution in [0, 0.1) is 0 Å². The predicted octanol–water partition coefficient (Wildman–Crippen LogP) is 2.89. The van der Waals surface area contributed by atoms with E-state index in [9.17, 15) is 4.79 Å². The van der Waals surface area contributed by atoms with Crippen molar-refractivity contribution in [2.24, 2.45) is 0 Å². The van der Waals surface area contributed by atoms with Gasteiger partial charge in [-0.15, -0.1) is 0 Å². The van der Waals surface area contributed by atoms with E-state index in [4.69, 9.17) is 16.1 Å². The Morgan fingerprint density at radius 3 is 2.64 bits per heavy atom. The normalized spacial score (nSPS) is 16.6. The van der Waals surface area contributed by atoms with Crippen molar-refractivity contribution in [2.75, 3.05) is 19.6 Å². The van der Waals surface area contributed by atoms with Crippen molar-refractivity contribution in [3.63, 3.8) is 0 Å². The van der Waals surface area contributed by atoms with Gasteiger partial charge in [-0.3, -0.25) is 9.69 Å². The molecule has 0 spiro atoms. The molecule has 1 fully saturated rings. The number of halogens is 1. The maximum atomic E-state index is 12.0. The Labute approximate surface area is 134 Å². The molecule has 1 amide bonds. The van der Waals surface area contributed by atoms with E-state index in [2.05, 4.69) is 15.4 Å². The van der Waals surface area contributed by atoms with Crippen LogP contribution in [0.1, 0.15) is 34.9 Å². The molecular weight excluding hydrogens is 302 g/mol. The third-order valence-corrected chi connectivity index (χ3v) is 4.21. The first-order chi connectivity index (χ1) is 10.7. The SMILES string of the molecule is O=C(NC[C@H](c1ccc(Cl)cc1)N1CCCC1)c1ccon1. The van der Waals surface area contributed by atoms with E-state index in [0.717, 1.165) is 23.7 Å². The molecule has 3 rings (SSSR count). The van der Waals surface area contributed by atoms with Crippen molar-refractivity contribution in [1.82, 2.24) is 15.4 Å². The second kappa shape index (κ2) is 6.94. The van der Waals surface area contributed by atoms with Crippen LogP contribution in [-0.2, 0) is 0 Å². The monoisotopic (exact) mass is 319 g/mol. The molecule has 1 aliphatic rings. The number of hydrogen-bond acceptors (Lipinski definition) is 4. The molecule has 1 aromatic heterocycles. The number of rotatable bonds is 5. The van der Waals surface area contributed by atoms with Gasteiger partial charge in [0, 0.05) is 17.6 Å². The summed E-state index contributed by atoms with van der Waals surface area (Å²) in [6.45, 7) is 2.63. The highest BCUT2D eigenvalue weighted by atomic mass is 35.5. The summed E-state index contributed by atoms with van der Waals surface area (Å²) < 4.78 is 4.70. The molecule has 5 nitrogen and oxygen atoms in total. The lowest BCUT2D eigenvalue weighted by atomic mass is 10.1. The standard InChI is InChI=1S/C16H18ClN3O2/c17-13-5-3-12(4-6-13)15(20-8-1-2-9-20)11-18-16(21)14-7-10-22-19-14/h3-7,10,15H,1-2,8-9,11H2,(H,18,21)/t15-/m1/s1. The van der Waals surface area contributed by atoms with E-state index in [1.54, 1.807) is 6.07 Å². The van der Waals surface area contributed by atoms with Gasteiger partial charge in [-0.25, -0.2) is 0 Å². The molecule has 116 valence electrons. The molecule has 0 radical (unpaired) electrons. The minimum absolute atomic E-state index is 0.149. The van der Waals surface area contributed by atoms with Gasteiger partial charge in [0.1, 0.15) is 6.26 Å². The lowest BCUT2D eigenvalue weighted by Crippen LogP contribution is -2.36. The van der Waals surface area contributed by atoms with Crippen molar-refractivity contribution in [1.29, 1.82) is 0 Å². The maximum Gasteiger partial charge on any atom is 0.273 e. The molecule has 0 saturated carbocycles. The van der Waals surface area contributed by atoms with Crippen LogP contribution in [0.4, 0.5) is 0 Å². The van der Waals surface area contributed by atoms with Gasteiger partial charge in [-0.05, 0) is 43.6 Å². The number of nitrogens with one attached hydrogen (secondary N) is 1. The number of aromatic nitrogens is 1. The van der Waals surface area contributed by atoms with E-state index in [0.29, 0.717) is 12.2 Å². The summed E-state index contributed by atoms with van der Waals surface area (Å²) in [7, 11) is 0. The van der Waals surface area contributed by atoms with Crippen LogP contribution in [0.3, 0.4) is 0 Å². The zero-order valence-corrected chi connectivity index (χ0v) is 12.9. The quantitative estimate of drug-likeness (QED) is 0.920. The fourth-order valence-electron chi connectivity index (χ4n) is 2.81. The van der Waals surface area contributed by atoms with Crippen LogP contribution < -0.4 is 5.32 Å². The van der Waals surface area contributed by atoms with Gasteiger partial charge in [0.15, 0.2) is 5.69 Å². The Morgan fingerprint density at radius 1 is 1.27 bits per heavy atom. The Kier molecular flexibility index (Phi) is 4.75. The van der Waals surface area contributed by atoms with Gasteiger partial charge in [0.25, 0.3) is 5.91 Å². The number of benzene rings is 1. The van der Waals surface area contributed by atoms with E-state index in [1.165, 1.54) is 19.1 Å². The molecule has 0 bridgehead atoms. The highest BCUT2D eigenvalue weighted by Gasteiger charge is 2.24. The van der Waals surface area contributed by atoms with Crippen LogP contribution in [0.25, 0.3) is 0 Å². The molecule has 1 N–H and O–H groups in total. The van der Waals surface area contributed by atoms with Gasteiger partial charge in [0.05, 0.1) is 6.04 Å². The molecular formula is C16H18ClN3O2. The average molecular weight is 320 g/mol. The minimum Gasteiger partial charge on any atom is -0.364 e. The van der Waals surface area contributed by atoms with Crippen LogP contribution >= 0.6 is 11.6 Å². The molecule has 22 heavy (non-hydrogen) atoms. The summed E-state index contributed by atoms with van der Waals surface area (Å²) in [5.74, 6) is -0.216. The van der Waals surface area contributed by atoms with E-state index in [1.807, 2.05) is 24.3 Å². The first kappa shape index (κ1) is 15.1. The Balaban J connectivity index is 1.71. The first-order valence-corrected chi connectivity index (χ1v) is 7.80. The van der Waals surface area contributed by atoms with Gasteiger partial charge in [0.2, 0.25) is 0 Å². The number of nitrogens with zero attached hydrogens (tertiary/aromatic N) is 2. The number of carbonyl (C=O) groups is 1. The molecule has 2 heterocycles. The fraction of sp³-hybridized carbons (Fsp3) is 0.375. The lowest BCUT2D eigenvalue weighted by molar-refractivity contribution is 0.0929. The molecule has 1 saturated heterocycles. The molecule has 2 aromatic rings. The van der Waals surface area contributed by atoms with Gasteiger partial charge in [-0.1, -0.05) is 28.9 Å². The fourth-order valence-corrected chi connectivity index (χ4v) is 2.93. The molecule has 0 unspecified atom stereocenters. The van der Waals surface area contributed by atoms with Crippen molar-refractivity contribution in [3.8, 4) is 0 Å². The number of carbonyl (C=O) groups excluding carboxylic acids is 1. The number of hydrogen-bond donors (Lipinski definition) is 1. The predicted molar refractivity (Wildman–Crippen MR) is 83.8 cm³/mol. The van der Waals surface area contributed by atoms with Crippen molar-refractivity contribution < 1.29 is 9.32 Å². The van der Waals surface area contributed by atoms with Gasteiger partial charge < -0.3 is 9.84 Å². The molecule has 1 atom stereocenters.